The smallest absolute Gasteiger partial charge is 0.0562 e. The Bertz CT molecular complexity index is 324. The highest BCUT2D eigenvalue weighted by atomic mass is 35.5. The molecule has 6 heteroatoms. The number of halogens is 4. The van der Waals surface area contributed by atoms with Crippen LogP contribution in [0.4, 0.5) is 0 Å². The Kier molecular flexibility index (Phi) is 10.7. The molecule has 1 rings (SSSR count). The molecule has 114 valence electrons. The zero-order valence-electron chi connectivity index (χ0n) is 11.6. The second-order valence-corrected chi connectivity index (χ2v) is 10.8. The normalized spacial score (nSPS) is 15.4. The lowest BCUT2D eigenvalue weighted by atomic mass is 10.3. The van der Waals surface area contributed by atoms with E-state index < -0.39 is 0 Å². The highest BCUT2D eigenvalue weighted by Crippen LogP contribution is 2.09. The third kappa shape index (κ3) is 8.30. The van der Waals surface area contributed by atoms with Crippen molar-refractivity contribution in [1.82, 2.24) is 0 Å². The van der Waals surface area contributed by atoms with E-state index in [1.54, 1.807) is 0 Å². The number of benzene rings is 1. The molecule has 0 radical (unpaired) electrons. The Morgan fingerprint density at radius 1 is 0.750 bits per heavy atom. The third-order valence-electron chi connectivity index (χ3n) is 3.36. The van der Waals surface area contributed by atoms with Gasteiger partial charge in [-0.05, 0) is 24.9 Å². The summed E-state index contributed by atoms with van der Waals surface area (Å²) in [4.78, 5) is 0. The lowest BCUT2D eigenvalue weighted by Gasteiger charge is -2.09. The van der Waals surface area contributed by atoms with E-state index >= 15 is 0 Å². The van der Waals surface area contributed by atoms with Crippen LogP contribution in [-0.4, -0.2) is 41.6 Å². The van der Waals surface area contributed by atoms with Crippen molar-refractivity contribution in [3.63, 3.8) is 0 Å². The van der Waals surface area contributed by atoms with Gasteiger partial charge in [0, 0.05) is 22.5 Å². The first kappa shape index (κ1) is 18.9. The van der Waals surface area contributed by atoms with Gasteiger partial charge in [-0.1, -0.05) is 34.6 Å². The SMILES string of the molecule is ClCCC(Cl)C[SiH2]c1ccc([SiH2]CC(Cl)CCCl)cc1. The summed E-state index contributed by atoms with van der Waals surface area (Å²) in [6, 6.07) is 11.4. The summed E-state index contributed by atoms with van der Waals surface area (Å²) in [5, 5.41) is 3.49. The average molecular weight is 388 g/mol. The van der Waals surface area contributed by atoms with Gasteiger partial charge in [-0.15, -0.1) is 46.4 Å². The molecule has 0 fully saturated rings. The second-order valence-electron chi connectivity index (χ2n) is 5.04. The summed E-state index contributed by atoms with van der Waals surface area (Å²) >= 11 is 23.8. The van der Waals surface area contributed by atoms with Crippen molar-refractivity contribution in [1.29, 1.82) is 0 Å². The second kappa shape index (κ2) is 11.4. The number of alkyl halides is 4. The molecule has 2 atom stereocenters. The van der Waals surface area contributed by atoms with Gasteiger partial charge >= 0.3 is 0 Å². The van der Waals surface area contributed by atoms with Crippen LogP contribution in [0.25, 0.3) is 0 Å². The van der Waals surface area contributed by atoms with Crippen LogP contribution in [0.15, 0.2) is 24.3 Å². The summed E-state index contributed by atoms with van der Waals surface area (Å²) < 4.78 is 0. The fourth-order valence-corrected chi connectivity index (χ4v) is 6.68. The van der Waals surface area contributed by atoms with E-state index in [0.29, 0.717) is 11.8 Å². The van der Waals surface area contributed by atoms with E-state index in [-0.39, 0.29) is 29.8 Å². The summed E-state index contributed by atoms with van der Waals surface area (Å²) in [5.41, 5.74) is 0. The summed E-state index contributed by atoms with van der Waals surface area (Å²) in [7, 11) is -0.503. The van der Waals surface area contributed by atoms with Gasteiger partial charge in [-0.2, -0.15) is 0 Å². The lowest BCUT2D eigenvalue weighted by Crippen LogP contribution is -2.23. The van der Waals surface area contributed by atoms with Gasteiger partial charge < -0.3 is 0 Å². The summed E-state index contributed by atoms with van der Waals surface area (Å²) in [5.74, 6) is 1.32. The molecule has 0 spiro atoms. The largest absolute Gasteiger partial charge is 0.127 e. The Balaban J connectivity index is 2.32. The maximum atomic E-state index is 6.21. The summed E-state index contributed by atoms with van der Waals surface area (Å²) in [6.45, 7) is 0. The molecule has 0 N–H and O–H groups in total. The first-order chi connectivity index (χ1) is 9.65. The molecular formula is C14H22Cl4Si2. The molecule has 0 nitrogen and oxygen atoms in total. The average Bonchev–Trinajstić information content (AvgIpc) is 2.45. The fraction of sp³-hybridized carbons (Fsp3) is 0.571. The topological polar surface area (TPSA) is 0 Å². The Hall–Kier alpha value is 0.814. The van der Waals surface area contributed by atoms with Crippen LogP contribution in [0.1, 0.15) is 12.8 Å². The van der Waals surface area contributed by atoms with Crippen molar-refractivity contribution in [3.05, 3.63) is 24.3 Å². The van der Waals surface area contributed by atoms with E-state index in [4.69, 9.17) is 46.4 Å². The van der Waals surface area contributed by atoms with Crippen LogP contribution in [0.3, 0.4) is 0 Å². The van der Waals surface area contributed by atoms with Crippen molar-refractivity contribution in [2.75, 3.05) is 11.8 Å². The monoisotopic (exact) mass is 386 g/mol. The van der Waals surface area contributed by atoms with Gasteiger partial charge in [-0.3, -0.25) is 0 Å². The van der Waals surface area contributed by atoms with Crippen LogP contribution in [0.2, 0.25) is 12.1 Å². The van der Waals surface area contributed by atoms with Crippen molar-refractivity contribution < 1.29 is 0 Å². The molecule has 2 unspecified atom stereocenters. The van der Waals surface area contributed by atoms with E-state index in [1.165, 1.54) is 10.4 Å². The number of rotatable bonds is 10. The van der Waals surface area contributed by atoms with Crippen molar-refractivity contribution >= 4 is 75.8 Å². The molecule has 0 aliphatic carbocycles. The van der Waals surface area contributed by atoms with E-state index in [2.05, 4.69) is 24.3 Å². The van der Waals surface area contributed by atoms with Crippen molar-refractivity contribution in [2.24, 2.45) is 0 Å². The highest BCUT2D eigenvalue weighted by Gasteiger charge is 2.06. The number of hydrogen-bond acceptors (Lipinski definition) is 0. The van der Waals surface area contributed by atoms with Crippen LogP contribution < -0.4 is 10.4 Å². The van der Waals surface area contributed by atoms with Gasteiger partial charge in [0.15, 0.2) is 0 Å². The molecule has 0 saturated carbocycles. The molecule has 0 aliphatic rings. The molecule has 0 aromatic heterocycles. The standard InChI is InChI=1S/C14H22Cl4Si2/c15-7-5-11(17)9-19-13-1-2-14(4-3-13)20-10-12(18)6-8-16/h1-4,11-12H,5-10,19-20H2. The maximum Gasteiger partial charge on any atom is 0.0562 e. The Labute approximate surface area is 147 Å². The summed E-state index contributed by atoms with van der Waals surface area (Å²) in [6.07, 6.45) is 1.83. The van der Waals surface area contributed by atoms with Crippen molar-refractivity contribution in [2.45, 2.75) is 35.7 Å². The van der Waals surface area contributed by atoms with Crippen LogP contribution in [0, 0.1) is 0 Å². The minimum Gasteiger partial charge on any atom is -0.127 e. The van der Waals surface area contributed by atoms with Gasteiger partial charge in [0.05, 0.1) is 19.0 Å². The zero-order chi connectivity index (χ0) is 14.8. The minimum absolute atomic E-state index is 0.251. The molecule has 20 heavy (non-hydrogen) atoms. The molecule has 0 aliphatic heterocycles. The van der Waals surface area contributed by atoms with Crippen LogP contribution in [0.5, 0.6) is 0 Å². The Morgan fingerprint density at radius 2 is 1.10 bits per heavy atom. The van der Waals surface area contributed by atoms with E-state index in [0.717, 1.165) is 24.9 Å². The predicted octanol–water partition coefficient (Wildman–Crippen LogP) is 2.58. The molecule has 1 aromatic rings. The third-order valence-corrected chi connectivity index (χ3v) is 9.47. The minimum atomic E-state index is -0.252. The molecular weight excluding hydrogens is 366 g/mol. The van der Waals surface area contributed by atoms with Gasteiger partial charge in [0.1, 0.15) is 0 Å². The first-order valence-corrected chi connectivity index (χ1v) is 12.5. The maximum absolute atomic E-state index is 6.21. The zero-order valence-corrected chi connectivity index (χ0v) is 17.5. The van der Waals surface area contributed by atoms with Crippen LogP contribution in [-0.2, 0) is 0 Å². The molecule has 0 amide bonds. The van der Waals surface area contributed by atoms with Gasteiger partial charge in [-0.25, -0.2) is 0 Å². The Morgan fingerprint density at radius 3 is 1.40 bits per heavy atom. The van der Waals surface area contributed by atoms with Crippen LogP contribution >= 0.6 is 46.4 Å². The van der Waals surface area contributed by atoms with Gasteiger partial charge in [0.25, 0.3) is 0 Å². The number of hydrogen-bond donors (Lipinski definition) is 0. The predicted molar refractivity (Wildman–Crippen MR) is 102 cm³/mol. The quantitative estimate of drug-likeness (QED) is 0.427. The molecule has 1 aromatic carbocycles. The van der Waals surface area contributed by atoms with Gasteiger partial charge in [0.2, 0.25) is 0 Å². The lowest BCUT2D eigenvalue weighted by molar-refractivity contribution is 0.897. The molecule has 0 bridgehead atoms. The first-order valence-electron chi connectivity index (χ1n) is 7.13. The fourth-order valence-electron chi connectivity index (χ4n) is 2.04. The molecule has 0 saturated heterocycles. The molecule has 0 heterocycles. The highest BCUT2D eigenvalue weighted by molar-refractivity contribution is 6.57. The van der Waals surface area contributed by atoms with E-state index in [9.17, 15) is 0 Å². The van der Waals surface area contributed by atoms with Crippen molar-refractivity contribution in [3.8, 4) is 0 Å². The van der Waals surface area contributed by atoms with E-state index in [1.807, 2.05) is 0 Å².